The lowest BCUT2D eigenvalue weighted by Crippen LogP contribution is -2.30. The lowest BCUT2D eigenvalue weighted by Gasteiger charge is -2.22. The number of hydrogen-bond donors (Lipinski definition) is 0. The van der Waals surface area contributed by atoms with Crippen LogP contribution in [0.25, 0.3) is 4.13 Å². The van der Waals surface area contributed by atoms with Crippen LogP contribution in [0.3, 0.4) is 0 Å². The molecule has 27 heavy (non-hydrogen) atoms. The minimum Gasteiger partial charge on any atom is -0.463 e. The number of alkyl halides is 6. The number of nitrogens with zero attached hydrogens (tertiary/aromatic N) is 3. The highest BCUT2D eigenvalue weighted by atomic mass is 32.3. The fourth-order valence-electron chi connectivity index (χ4n) is 1.16. The molecule has 9 nitrogen and oxygen atoms in total. The highest BCUT2D eigenvalue weighted by molar-refractivity contribution is 8.13. The molecule has 0 aliphatic rings. The predicted molar refractivity (Wildman–Crippen MR) is 75.5 cm³/mol. The summed E-state index contributed by atoms with van der Waals surface area (Å²) < 4.78 is 118. The van der Waals surface area contributed by atoms with E-state index in [1.807, 2.05) is 30.3 Å². The van der Waals surface area contributed by atoms with Crippen LogP contribution in [-0.2, 0) is 43.2 Å². The fourth-order valence-corrected chi connectivity index (χ4v) is 2.87. The molecule has 0 spiro atoms. The van der Waals surface area contributed by atoms with Crippen LogP contribution in [0.5, 0.6) is 0 Å². The molecule has 17 heteroatoms. The van der Waals surface area contributed by atoms with Crippen molar-refractivity contribution in [2.24, 2.45) is 7.05 Å². The fraction of sp³-hybridized carbons (Fsp3) is 0.600. The summed E-state index contributed by atoms with van der Waals surface area (Å²) in [6, 6.07) is 0. The van der Waals surface area contributed by atoms with E-state index in [1.165, 1.54) is 0 Å². The summed E-state index contributed by atoms with van der Waals surface area (Å²) in [4.78, 5) is 11.0. The number of carbonyl (C=O) groups is 1. The molecule has 1 rings (SSSR count). The number of sulfonamides is 2. The van der Waals surface area contributed by atoms with E-state index >= 15 is 0 Å². The minimum absolute atomic E-state index is 0.200. The van der Waals surface area contributed by atoms with Gasteiger partial charge < -0.3 is 8.86 Å². The van der Waals surface area contributed by atoms with Crippen molar-refractivity contribution >= 4 is 26.0 Å². The molecule has 0 aliphatic carbocycles. The summed E-state index contributed by atoms with van der Waals surface area (Å²) in [5, 5.41) is 0. The van der Waals surface area contributed by atoms with Crippen LogP contribution in [0.2, 0.25) is 0 Å². The van der Waals surface area contributed by atoms with E-state index in [9.17, 15) is 48.0 Å². The van der Waals surface area contributed by atoms with Gasteiger partial charge in [0.15, 0.2) is 26.6 Å². The Bertz CT molecular complexity index is 802. The summed E-state index contributed by atoms with van der Waals surface area (Å²) in [6.45, 7) is 2.52. The molecule has 1 heterocycles. The zero-order valence-corrected chi connectivity index (χ0v) is 15.2. The molecule has 0 amide bonds. The number of halogens is 6. The maximum Gasteiger partial charge on any atom is 0.480 e. The molecule has 1 aromatic heterocycles. The van der Waals surface area contributed by atoms with Crippen molar-refractivity contribution in [1.82, 2.24) is 4.57 Å². The van der Waals surface area contributed by atoms with Crippen molar-refractivity contribution < 1.29 is 57.3 Å². The molecule has 0 bridgehead atoms. The molecule has 0 atom stereocenters. The molecule has 1 aromatic rings. The third kappa shape index (κ3) is 8.12. The third-order valence-electron chi connectivity index (χ3n) is 2.22. The van der Waals surface area contributed by atoms with Crippen LogP contribution >= 0.6 is 0 Å². The van der Waals surface area contributed by atoms with Gasteiger partial charge in [0.05, 0.1) is 13.7 Å². The van der Waals surface area contributed by atoms with Crippen molar-refractivity contribution in [1.29, 1.82) is 0 Å². The first-order valence-corrected chi connectivity index (χ1v) is 9.34. The Hall–Kier alpha value is -1.88. The summed E-state index contributed by atoms with van der Waals surface area (Å²) in [5.41, 5.74) is -12.4. The lowest BCUT2D eigenvalue weighted by molar-refractivity contribution is -0.671. The van der Waals surface area contributed by atoms with Crippen molar-refractivity contribution in [3.8, 4) is 0 Å². The van der Waals surface area contributed by atoms with Gasteiger partial charge in [-0.05, 0) is 6.92 Å². The van der Waals surface area contributed by atoms with Crippen LogP contribution in [0.1, 0.15) is 6.92 Å². The Morgan fingerprint density at radius 1 is 1.07 bits per heavy atom. The van der Waals surface area contributed by atoms with Gasteiger partial charge in [-0.3, -0.25) is 0 Å². The van der Waals surface area contributed by atoms with Gasteiger partial charge in [0.25, 0.3) is 0 Å². The Labute approximate surface area is 149 Å². The van der Waals surface area contributed by atoms with E-state index in [0.717, 1.165) is 4.13 Å². The van der Waals surface area contributed by atoms with Gasteiger partial charge in [-0.25, -0.2) is 30.8 Å². The maximum absolute atomic E-state index is 11.4. The van der Waals surface area contributed by atoms with Crippen molar-refractivity contribution in [2.75, 3.05) is 6.61 Å². The number of carbonyl (C=O) groups excluding carboxylic acids is 1. The Kier molecular flexibility index (Phi) is 8.25. The molecule has 0 N–H and O–H groups in total. The van der Waals surface area contributed by atoms with E-state index in [2.05, 4.69) is 0 Å². The van der Waals surface area contributed by atoms with Gasteiger partial charge in [0.1, 0.15) is 12.4 Å². The van der Waals surface area contributed by atoms with E-state index in [1.54, 1.807) is 11.5 Å². The number of aromatic nitrogens is 2. The number of aryl methyl sites for hydroxylation is 1. The van der Waals surface area contributed by atoms with Gasteiger partial charge in [-0.15, -0.1) is 0 Å². The standard InChI is InChI=1S/C8H13N2O2.C2F6NO4S2/c1-3-12-8(11)6-10-5-4-9(2)7-10;3-1(4,5)14(10,11)9-15(12,13)2(6,7)8/h4-5,7H,3,6H2,1-2H3;/q+1;-1. The van der Waals surface area contributed by atoms with Gasteiger partial charge in [-0.1, -0.05) is 0 Å². The normalized spacial score (nSPS) is 12.9. The summed E-state index contributed by atoms with van der Waals surface area (Å²) in [5.74, 6) is -0.200. The van der Waals surface area contributed by atoms with E-state index < -0.39 is 31.1 Å². The van der Waals surface area contributed by atoms with Gasteiger partial charge in [-0.2, -0.15) is 26.3 Å². The Balaban J connectivity index is 0.000000511. The molecule has 0 saturated heterocycles. The van der Waals surface area contributed by atoms with Crippen molar-refractivity contribution in [3.05, 3.63) is 22.8 Å². The molecule has 0 saturated carbocycles. The smallest absolute Gasteiger partial charge is 0.463 e. The van der Waals surface area contributed by atoms with Crippen molar-refractivity contribution in [2.45, 2.75) is 24.5 Å². The number of rotatable bonds is 5. The Morgan fingerprint density at radius 2 is 1.52 bits per heavy atom. The SMILES string of the molecule is CCOC(=O)Cn1cc[n+](C)c1.O=S(=O)([N-]S(=O)(=O)C(F)(F)F)C(F)(F)F. The van der Waals surface area contributed by atoms with Crippen LogP contribution in [0, 0.1) is 0 Å². The quantitative estimate of drug-likeness (QED) is 0.375. The number of hydrogen-bond acceptors (Lipinski definition) is 6. The summed E-state index contributed by atoms with van der Waals surface area (Å²) >= 11 is 0. The second-order valence-electron chi connectivity index (χ2n) is 4.47. The monoisotopic (exact) mass is 449 g/mol. The Morgan fingerprint density at radius 3 is 1.81 bits per heavy atom. The molecular weight excluding hydrogens is 436 g/mol. The number of ether oxygens (including phenoxy) is 1. The first-order chi connectivity index (χ1) is 11.9. The maximum atomic E-state index is 11.4. The number of imidazole rings is 1. The van der Waals surface area contributed by atoms with E-state index in [0.29, 0.717) is 6.61 Å². The van der Waals surface area contributed by atoms with Crippen molar-refractivity contribution in [3.63, 3.8) is 0 Å². The molecular formula is C10H13F6N3O6S2. The second kappa shape index (κ2) is 8.87. The van der Waals surface area contributed by atoms with Crippen LogP contribution in [-0.4, -0.2) is 45.0 Å². The van der Waals surface area contributed by atoms with Crippen LogP contribution in [0.4, 0.5) is 26.3 Å². The third-order valence-corrected chi connectivity index (χ3v) is 4.96. The summed E-state index contributed by atoms with van der Waals surface area (Å²) in [7, 11) is -11.5. The average Bonchev–Trinajstić information content (AvgIpc) is 2.81. The second-order valence-corrected chi connectivity index (χ2v) is 7.89. The largest absolute Gasteiger partial charge is 0.480 e. The predicted octanol–water partition coefficient (Wildman–Crippen LogP) is 0.935. The molecule has 0 aliphatic heterocycles. The molecule has 0 fully saturated rings. The van der Waals surface area contributed by atoms with Crippen LogP contribution < -0.4 is 4.57 Å². The number of esters is 1. The molecule has 0 aromatic carbocycles. The van der Waals surface area contributed by atoms with E-state index in [-0.39, 0.29) is 12.5 Å². The molecule has 158 valence electrons. The zero-order valence-electron chi connectivity index (χ0n) is 13.5. The van der Waals surface area contributed by atoms with Gasteiger partial charge in [0.2, 0.25) is 6.33 Å². The summed E-state index contributed by atoms with van der Waals surface area (Å²) in [6.07, 6.45) is 5.53. The lowest BCUT2D eigenvalue weighted by atomic mass is 10.6. The molecule has 0 unspecified atom stereocenters. The highest BCUT2D eigenvalue weighted by Crippen LogP contribution is 2.36. The zero-order chi connectivity index (χ0) is 21.7. The minimum atomic E-state index is -6.72. The van der Waals surface area contributed by atoms with Crippen LogP contribution in [0.15, 0.2) is 18.7 Å². The molecule has 0 radical (unpaired) electrons. The average molecular weight is 449 g/mol. The highest BCUT2D eigenvalue weighted by Gasteiger charge is 2.46. The van der Waals surface area contributed by atoms with Gasteiger partial charge in [0, 0.05) is 0 Å². The van der Waals surface area contributed by atoms with Gasteiger partial charge >= 0.3 is 17.0 Å². The first-order valence-electron chi connectivity index (χ1n) is 6.46. The topological polar surface area (TPSA) is 117 Å². The first kappa shape index (κ1) is 25.1. The van der Waals surface area contributed by atoms with E-state index in [4.69, 9.17) is 4.74 Å².